The van der Waals surface area contributed by atoms with Crippen molar-refractivity contribution in [2.45, 2.75) is 63.3 Å². The van der Waals surface area contributed by atoms with Gasteiger partial charge in [-0.3, -0.25) is 4.79 Å². The second-order valence-electron chi connectivity index (χ2n) is 6.84. The van der Waals surface area contributed by atoms with Crippen LogP contribution in [0.3, 0.4) is 0 Å². The highest BCUT2D eigenvalue weighted by atomic mass is 32.1. The molecule has 3 aliphatic carbocycles. The molecule has 1 amide bonds. The molecule has 3 fully saturated rings. The fourth-order valence-corrected chi connectivity index (χ4v) is 4.85. The Kier molecular flexibility index (Phi) is 3.54. The summed E-state index contributed by atoms with van der Waals surface area (Å²) in [4.78, 5) is 12.8. The smallest absolute Gasteiger partial charge is 0.221 e. The quantitative estimate of drug-likeness (QED) is 0.778. The molecule has 106 valence electrons. The van der Waals surface area contributed by atoms with Crippen LogP contribution in [0.2, 0.25) is 0 Å². The van der Waals surface area contributed by atoms with Crippen molar-refractivity contribution in [3.8, 4) is 0 Å². The van der Waals surface area contributed by atoms with E-state index in [0.717, 1.165) is 37.5 Å². The summed E-state index contributed by atoms with van der Waals surface area (Å²) in [5, 5.41) is 3.17. The van der Waals surface area contributed by atoms with E-state index in [9.17, 15) is 4.79 Å². The third-order valence-electron chi connectivity index (χ3n) is 5.64. The Morgan fingerprint density at radius 1 is 1.26 bits per heavy atom. The number of amides is 1. The van der Waals surface area contributed by atoms with Crippen LogP contribution in [0.25, 0.3) is 0 Å². The monoisotopic (exact) mass is 280 g/mol. The Labute approximate surface area is 120 Å². The van der Waals surface area contributed by atoms with Crippen molar-refractivity contribution in [2.24, 2.45) is 23.5 Å². The lowest BCUT2D eigenvalue weighted by atomic mass is 9.86. The van der Waals surface area contributed by atoms with Gasteiger partial charge in [-0.05, 0) is 49.9 Å². The van der Waals surface area contributed by atoms with Crippen LogP contribution in [0.4, 0.5) is 0 Å². The molecule has 3 unspecified atom stereocenters. The minimum atomic E-state index is -0.371. The van der Waals surface area contributed by atoms with Gasteiger partial charge in [-0.25, -0.2) is 0 Å². The van der Waals surface area contributed by atoms with Gasteiger partial charge in [-0.1, -0.05) is 31.5 Å². The first-order valence-corrected chi connectivity index (χ1v) is 8.11. The van der Waals surface area contributed by atoms with Gasteiger partial charge in [0.25, 0.3) is 0 Å². The first-order chi connectivity index (χ1) is 9.09. The SMILES string of the molecule is NC(=S)C1(NC(=O)CC2CC3CCC2C3)CCCC1. The topological polar surface area (TPSA) is 55.1 Å². The molecular weight excluding hydrogens is 256 g/mol. The van der Waals surface area contributed by atoms with Gasteiger partial charge in [0.05, 0.1) is 10.5 Å². The van der Waals surface area contributed by atoms with E-state index in [0.29, 0.717) is 17.3 Å². The summed E-state index contributed by atoms with van der Waals surface area (Å²) in [7, 11) is 0. The lowest BCUT2D eigenvalue weighted by molar-refractivity contribution is -0.123. The number of thiocarbonyl (C=S) groups is 1. The number of fused-ring (bicyclic) bond motifs is 2. The highest BCUT2D eigenvalue weighted by Crippen LogP contribution is 2.49. The predicted octanol–water partition coefficient (Wildman–Crippen LogP) is 2.53. The van der Waals surface area contributed by atoms with Crippen molar-refractivity contribution in [3.05, 3.63) is 0 Å². The van der Waals surface area contributed by atoms with E-state index in [4.69, 9.17) is 18.0 Å². The molecule has 3 N–H and O–H groups in total. The average molecular weight is 280 g/mol. The molecule has 3 saturated carbocycles. The Morgan fingerprint density at radius 2 is 2.00 bits per heavy atom. The molecule has 0 aromatic rings. The van der Waals surface area contributed by atoms with Crippen LogP contribution in [0, 0.1) is 17.8 Å². The molecule has 19 heavy (non-hydrogen) atoms. The number of nitrogens with two attached hydrogens (primary N) is 1. The maximum atomic E-state index is 12.3. The first kappa shape index (κ1) is 13.3. The minimum Gasteiger partial charge on any atom is -0.391 e. The maximum absolute atomic E-state index is 12.3. The van der Waals surface area contributed by atoms with Crippen LogP contribution in [0.1, 0.15) is 57.8 Å². The van der Waals surface area contributed by atoms with Crippen LogP contribution < -0.4 is 11.1 Å². The summed E-state index contributed by atoms with van der Waals surface area (Å²) >= 11 is 5.18. The molecule has 0 radical (unpaired) electrons. The zero-order valence-electron chi connectivity index (χ0n) is 11.5. The molecule has 0 spiro atoms. The lowest BCUT2D eigenvalue weighted by Gasteiger charge is -2.30. The fraction of sp³-hybridized carbons (Fsp3) is 0.867. The van der Waals surface area contributed by atoms with Gasteiger partial charge in [-0.2, -0.15) is 0 Å². The summed E-state index contributed by atoms with van der Waals surface area (Å²) in [6, 6.07) is 0. The number of hydrogen-bond donors (Lipinski definition) is 2. The van der Waals surface area contributed by atoms with Gasteiger partial charge in [-0.15, -0.1) is 0 Å². The van der Waals surface area contributed by atoms with Crippen LogP contribution in [-0.4, -0.2) is 16.4 Å². The molecular formula is C15H24N2OS. The average Bonchev–Trinajstić information content (AvgIpc) is 3.04. The zero-order chi connectivity index (χ0) is 13.5. The van der Waals surface area contributed by atoms with Crippen molar-refractivity contribution in [1.82, 2.24) is 5.32 Å². The molecule has 0 aromatic heterocycles. The molecule has 0 saturated heterocycles. The number of rotatable bonds is 4. The van der Waals surface area contributed by atoms with Crippen molar-refractivity contribution in [2.75, 3.05) is 0 Å². The molecule has 3 rings (SSSR count). The third kappa shape index (κ3) is 2.51. The second-order valence-corrected chi connectivity index (χ2v) is 7.28. The molecule has 0 aliphatic heterocycles. The van der Waals surface area contributed by atoms with E-state index in [1.807, 2.05) is 0 Å². The number of hydrogen-bond acceptors (Lipinski definition) is 2. The highest BCUT2D eigenvalue weighted by molar-refractivity contribution is 7.80. The summed E-state index contributed by atoms with van der Waals surface area (Å²) in [6.07, 6.45) is 10.1. The van der Waals surface area contributed by atoms with Crippen LogP contribution >= 0.6 is 12.2 Å². The Balaban J connectivity index is 1.57. The van der Waals surface area contributed by atoms with Gasteiger partial charge < -0.3 is 11.1 Å². The van der Waals surface area contributed by atoms with Crippen LogP contribution in [0.15, 0.2) is 0 Å². The first-order valence-electron chi connectivity index (χ1n) is 7.70. The summed E-state index contributed by atoms with van der Waals surface area (Å²) in [6.45, 7) is 0. The van der Waals surface area contributed by atoms with Crippen molar-refractivity contribution in [1.29, 1.82) is 0 Å². The zero-order valence-corrected chi connectivity index (χ0v) is 12.3. The van der Waals surface area contributed by atoms with E-state index < -0.39 is 0 Å². The Morgan fingerprint density at radius 3 is 2.53 bits per heavy atom. The number of carbonyl (C=O) groups excluding carboxylic acids is 1. The largest absolute Gasteiger partial charge is 0.391 e. The van der Waals surface area contributed by atoms with Gasteiger partial charge in [0.15, 0.2) is 0 Å². The normalized spacial score (nSPS) is 35.5. The molecule has 3 atom stereocenters. The van der Waals surface area contributed by atoms with E-state index in [2.05, 4.69) is 5.32 Å². The minimum absolute atomic E-state index is 0.173. The van der Waals surface area contributed by atoms with Crippen LogP contribution in [0.5, 0.6) is 0 Å². The molecule has 0 aromatic carbocycles. The second kappa shape index (κ2) is 5.04. The van der Waals surface area contributed by atoms with Gasteiger partial charge >= 0.3 is 0 Å². The molecule has 3 nitrogen and oxygen atoms in total. The molecule has 0 heterocycles. The van der Waals surface area contributed by atoms with E-state index >= 15 is 0 Å². The van der Waals surface area contributed by atoms with E-state index in [-0.39, 0.29) is 11.4 Å². The Hall–Kier alpha value is -0.640. The van der Waals surface area contributed by atoms with Crippen molar-refractivity contribution >= 4 is 23.1 Å². The van der Waals surface area contributed by atoms with Gasteiger partial charge in [0.1, 0.15) is 0 Å². The Bertz CT molecular complexity index is 390. The molecule has 4 heteroatoms. The highest BCUT2D eigenvalue weighted by Gasteiger charge is 2.42. The van der Waals surface area contributed by atoms with E-state index in [1.54, 1.807) is 0 Å². The van der Waals surface area contributed by atoms with Gasteiger partial charge in [0, 0.05) is 6.42 Å². The maximum Gasteiger partial charge on any atom is 0.221 e. The van der Waals surface area contributed by atoms with E-state index in [1.165, 1.54) is 25.7 Å². The standard InChI is InChI=1S/C15H24N2OS/c16-14(19)15(5-1-2-6-15)17-13(18)9-12-8-10-3-4-11(12)7-10/h10-12H,1-9H2,(H2,16,19)(H,17,18). The summed E-state index contributed by atoms with van der Waals surface area (Å²) in [5.41, 5.74) is 5.50. The van der Waals surface area contributed by atoms with Crippen LogP contribution in [-0.2, 0) is 4.79 Å². The fourth-order valence-electron chi connectivity index (χ4n) is 4.59. The molecule has 2 bridgehead atoms. The third-order valence-corrected chi connectivity index (χ3v) is 6.03. The predicted molar refractivity (Wildman–Crippen MR) is 79.7 cm³/mol. The van der Waals surface area contributed by atoms with Crippen molar-refractivity contribution < 1.29 is 4.79 Å². The number of nitrogens with one attached hydrogen (secondary N) is 1. The lowest BCUT2D eigenvalue weighted by Crippen LogP contribution is -2.55. The summed E-state index contributed by atoms with van der Waals surface area (Å²) < 4.78 is 0. The number of carbonyl (C=O) groups is 1. The van der Waals surface area contributed by atoms with Crippen molar-refractivity contribution in [3.63, 3.8) is 0 Å². The van der Waals surface area contributed by atoms with Gasteiger partial charge in [0.2, 0.25) is 5.91 Å². The summed E-state index contributed by atoms with van der Waals surface area (Å²) in [5.74, 6) is 2.50. The molecule has 3 aliphatic rings.